The minimum atomic E-state index is -0.0892. The summed E-state index contributed by atoms with van der Waals surface area (Å²) in [6.07, 6.45) is 7.13. The van der Waals surface area contributed by atoms with E-state index in [1.54, 1.807) is 29.3 Å². The summed E-state index contributed by atoms with van der Waals surface area (Å²) in [5.41, 5.74) is 3.08. The summed E-state index contributed by atoms with van der Waals surface area (Å²) in [5, 5.41) is 6.99. The first-order valence-corrected chi connectivity index (χ1v) is 9.00. The van der Waals surface area contributed by atoms with Gasteiger partial charge in [0.2, 0.25) is 5.91 Å². The molecule has 0 bridgehead atoms. The Morgan fingerprint density at radius 2 is 1.96 bits per heavy atom. The molecule has 3 heterocycles. The minimum absolute atomic E-state index is 0.0892. The van der Waals surface area contributed by atoms with Gasteiger partial charge in [0.25, 0.3) is 0 Å². The molecular formula is C21H19N5O2. The molecule has 0 saturated heterocycles. The predicted octanol–water partition coefficient (Wildman–Crippen LogP) is 3.82. The number of nitrogens with one attached hydrogen (secondary N) is 1. The molecule has 7 nitrogen and oxygen atoms in total. The Morgan fingerprint density at radius 1 is 1.11 bits per heavy atom. The van der Waals surface area contributed by atoms with Crippen molar-refractivity contribution in [2.24, 2.45) is 0 Å². The number of hydrogen-bond donors (Lipinski definition) is 1. The summed E-state index contributed by atoms with van der Waals surface area (Å²) in [5.74, 6) is 1.23. The number of carbonyl (C=O) groups excluding carboxylic acids is 1. The molecule has 0 saturated carbocycles. The van der Waals surface area contributed by atoms with Crippen molar-refractivity contribution in [1.82, 2.24) is 19.7 Å². The Balaban J connectivity index is 1.41. The Labute approximate surface area is 162 Å². The SMILES string of the molecule is CCn1cc(NC(=O)Cc2ccc(Oc3ccnc4cccnc34)cc2)cn1. The lowest BCUT2D eigenvalue weighted by Gasteiger charge is -2.08. The van der Waals surface area contributed by atoms with Crippen molar-refractivity contribution in [1.29, 1.82) is 0 Å². The summed E-state index contributed by atoms with van der Waals surface area (Å²) in [7, 11) is 0. The lowest BCUT2D eigenvalue weighted by molar-refractivity contribution is -0.115. The maximum absolute atomic E-state index is 12.2. The third kappa shape index (κ3) is 3.98. The maximum Gasteiger partial charge on any atom is 0.228 e. The highest BCUT2D eigenvalue weighted by atomic mass is 16.5. The van der Waals surface area contributed by atoms with Crippen molar-refractivity contribution in [2.45, 2.75) is 19.9 Å². The van der Waals surface area contributed by atoms with E-state index in [0.717, 1.165) is 17.6 Å². The summed E-state index contributed by atoms with van der Waals surface area (Å²) in [6, 6.07) is 12.9. The Hall–Kier alpha value is -3.74. The molecular weight excluding hydrogens is 354 g/mol. The van der Waals surface area contributed by atoms with Gasteiger partial charge in [0.05, 0.1) is 23.8 Å². The first-order valence-electron chi connectivity index (χ1n) is 9.00. The highest BCUT2D eigenvalue weighted by Gasteiger charge is 2.08. The molecule has 1 aromatic carbocycles. The Bertz CT molecular complexity index is 1100. The van der Waals surface area contributed by atoms with Crippen molar-refractivity contribution < 1.29 is 9.53 Å². The maximum atomic E-state index is 12.2. The number of rotatable bonds is 6. The standard InChI is InChI=1S/C21H19N5O2/c1-2-26-14-16(13-24-26)25-20(27)12-15-5-7-17(8-6-15)28-19-9-11-22-18-4-3-10-23-21(18)19/h3-11,13-14H,2,12H2,1H3,(H,25,27). The van der Waals surface area contributed by atoms with Gasteiger partial charge in [-0.2, -0.15) is 5.10 Å². The molecule has 0 fully saturated rings. The molecule has 3 aromatic heterocycles. The molecule has 0 aliphatic carbocycles. The normalized spacial score (nSPS) is 10.8. The molecule has 0 atom stereocenters. The van der Waals surface area contributed by atoms with Gasteiger partial charge in [-0.1, -0.05) is 12.1 Å². The number of anilines is 1. The molecule has 140 valence electrons. The van der Waals surface area contributed by atoms with E-state index >= 15 is 0 Å². The Kier molecular flexibility index (Phi) is 4.97. The quantitative estimate of drug-likeness (QED) is 0.556. The van der Waals surface area contributed by atoms with Crippen LogP contribution in [0.1, 0.15) is 12.5 Å². The molecule has 1 amide bonds. The van der Waals surface area contributed by atoms with Gasteiger partial charge in [0.15, 0.2) is 5.75 Å². The van der Waals surface area contributed by atoms with Crippen LogP contribution in [0.5, 0.6) is 11.5 Å². The summed E-state index contributed by atoms with van der Waals surface area (Å²) in [6.45, 7) is 2.76. The van der Waals surface area contributed by atoms with Crippen LogP contribution in [0.2, 0.25) is 0 Å². The van der Waals surface area contributed by atoms with E-state index in [1.165, 1.54) is 0 Å². The number of pyridine rings is 2. The second kappa shape index (κ2) is 7.87. The van der Waals surface area contributed by atoms with Gasteiger partial charge in [-0.15, -0.1) is 0 Å². The molecule has 1 N–H and O–H groups in total. The average molecular weight is 373 g/mol. The van der Waals surface area contributed by atoms with Gasteiger partial charge in [0.1, 0.15) is 11.3 Å². The second-order valence-electron chi connectivity index (χ2n) is 6.24. The van der Waals surface area contributed by atoms with Crippen molar-refractivity contribution in [3.05, 3.63) is 72.8 Å². The zero-order chi connectivity index (χ0) is 19.3. The van der Waals surface area contributed by atoms with Crippen LogP contribution < -0.4 is 10.1 Å². The molecule has 0 spiro atoms. The van der Waals surface area contributed by atoms with E-state index < -0.39 is 0 Å². The van der Waals surface area contributed by atoms with E-state index in [1.807, 2.05) is 49.5 Å². The van der Waals surface area contributed by atoms with E-state index in [0.29, 0.717) is 22.7 Å². The third-order valence-electron chi connectivity index (χ3n) is 4.22. The number of benzene rings is 1. The molecule has 0 aliphatic rings. The van der Waals surface area contributed by atoms with Crippen molar-refractivity contribution in [2.75, 3.05) is 5.32 Å². The Morgan fingerprint density at radius 3 is 2.75 bits per heavy atom. The lowest BCUT2D eigenvalue weighted by atomic mass is 10.1. The van der Waals surface area contributed by atoms with Crippen molar-refractivity contribution in [3.63, 3.8) is 0 Å². The zero-order valence-corrected chi connectivity index (χ0v) is 15.4. The zero-order valence-electron chi connectivity index (χ0n) is 15.4. The highest BCUT2D eigenvalue weighted by molar-refractivity contribution is 5.92. The van der Waals surface area contributed by atoms with Gasteiger partial charge >= 0.3 is 0 Å². The minimum Gasteiger partial charge on any atom is -0.455 e. The highest BCUT2D eigenvalue weighted by Crippen LogP contribution is 2.27. The van der Waals surface area contributed by atoms with Gasteiger partial charge in [-0.3, -0.25) is 19.4 Å². The van der Waals surface area contributed by atoms with Crippen molar-refractivity contribution >= 4 is 22.6 Å². The van der Waals surface area contributed by atoms with Gasteiger partial charge < -0.3 is 10.1 Å². The molecule has 28 heavy (non-hydrogen) atoms. The number of nitrogens with zero attached hydrogens (tertiary/aromatic N) is 4. The molecule has 0 aliphatic heterocycles. The van der Waals surface area contributed by atoms with E-state index in [9.17, 15) is 4.79 Å². The van der Waals surface area contributed by atoms with Crippen LogP contribution in [0.15, 0.2) is 67.3 Å². The smallest absolute Gasteiger partial charge is 0.228 e. The summed E-state index contributed by atoms with van der Waals surface area (Å²) < 4.78 is 7.71. The molecule has 0 radical (unpaired) electrons. The van der Waals surface area contributed by atoms with Crippen LogP contribution in [0.25, 0.3) is 11.0 Å². The van der Waals surface area contributed by atoms with Crippen LogP contribution in [-0.4, -0.2) is 25.7 Å². The summed E-state index contributed by atoms with van der Waals surface area (Å²) >= 11 is 0. The van der Waals surface area contributed by atoms with Gasteiger partial charge in [-0.05, 0) is 36.8 Å². The number of amides is 1. The van der Waals surface area contributed by atoms with Crippen LogP contribution in [0.4, 0.5) is 5.69 Å². The largest absolute Gasteiger partial charge is 0.455 e. The fourth-order valence-corrected chi connectivity index (χ4v) is 2.83. The van der Waals surface area contributed by atoms with Crippen LogP contribution in [-0.2, 0) is 17.8 Å². The third-order valence-corrected chi connectivity index (χ3v) is 4.22. The number of aryl methyl sites for hydroxylation is 1. The van der Waals surface area contributed by atoms with Gasteiger partial charge in [-0.25, -0.2) is 0 Å². The fourth-order valence-electron chi connectivity index (χ4n) is 2.83. The van der Waals surface area contributed by atoms with E-state index in [2.05, 4.69) is 20.4 Å². The number of aromatic nitrogens is 4. The first kappa shape index (κ1) is 17.7. The summed E-state index contributed by atoms with van der Waals surface area (Å²) in [4.78, 5) is 20.8. The molecule has 4 rings (SSSR count). The number of fused-ring (bicyclic) bond motifs is 1. The topological polar surface area (TPSA) is 81.9 Å². The van der Waals surface area contributed by atoms with Crippen molar-refractivity contribution in [3.8, 4) is 11.5 Å². The number of hydrogen-bond acceptors (Lipinski definition) is 5. The van der Waals surface area contributed by atoms with Crippen LogP contribution in [0, 0.1) is 0 Å². The first-order chi connectivity index (χ1) is 13.7. The fraction of sp³-hybridized carbons (Fsp3) is 0.143. The molecule has 0 unspecified atom stereocenters. The average Bonchev–Trinajstić information content (AvgIpc) is 3.17. The number of carbonyl (C=O) groups is 1. The monoisotopic (exact) mass is 373 g/mol. The lowest BCUT2D eigenvalue weighted by Crippen LogP contribution is -2.13. The predicted molar refractivity (Wildman–Crippen MR) is 106 cm³/mol. The second-order valence-corrected chi connectivity index (χ2v) is 6.24. The van der Waals surface area contributed by atoms with Crippen LogP contribution >= 0.6 is 0 Å². The van der Waals surface area contributed by atoms with E-state index in [4.69, 9.17) is 4.74 Å². The molecule has 7 heteroatoms. The van der Waals surface area contributed by atoms with Crippen LogP contribution in [0.3, 0.4) is 0 Å². The van der Waals surface area contributed by atoms with E-state index in [-0.39, 0.29) is 12.3 Å². The van der Waals surface area contributed by atoms with Gasteiger partial charge in [0, 0.05) is 31.2 Å². The number of ether oxygens (including phenoxy) is 1. The molecule has 4 aromatic rings.